The van der Waals surface area contributed by atoms with E-state index in [0.717, 1.165) is 27.7 Å². The molecule has 92 valence electrons. The molecule has 0 N–H and O–H groups in total. The van der Waals surface area contributed by atoms with Gasteiger partial charge in [-0.05, 0) is 23.3 Å². The number of benzene rings is 2. The molecule has 0 spiro atoms. The van der Waals surface area contributed by atoms with Gasteiger partial charge in [0, 0.05) is 5.57 Å². The van der Waals surface area contributed by atoms with Crippen LogP contribution < -0.4 is 0 Å². The fourth-order valence-electron chi connectivity index (χ4n) is 1.55. The normalized spacial score (nSPS) is 10.3. The van der Waals surface area contributed by atoms with Crippen LogP contribution in [-0.2, 0) is 8.98 Å². The van der Waals surface area contributed by atoms with E-state index in [1.807, 2.05) is 49.4 Å². The summed E-state index contributed by atoms with van der Waals surface area (Å²) in [6.07, 6.45) is 0.606. The molecule has 2 aromatic rings. The maximum Gasteiger partial charge on any atom is 0.345 e. The summed E-state index contributed by atoms with van der Waals surface area (Å²) in [5, 5.41) is 2.22. The van der Waals surface area contributed by atoms with Crippen LogP contribution in [-0.4, -0.2) is 5.97 Å². The molecule has 0 heterocycles. The van der Waals surface area contributed by atoms with Crippen molar-refractivity contribution >= 4 is 28.8 Å². The maximum absolute atomic E-state index is 11.5. The van der Waals surface area contributed by atoms with Gasteiger partial charge in [-0.25, -0.2) is 4.79 Å². The van der Waals surface area contributed by atoms with Crippen molar-refractivity contribution in [2.75, 3.05) is 0 Å². The molecular weight excluding hydrogens is 244 g/mol. The van der Waals surface area contributed by atoms with E-state index < -0.39 is 0 Å². The zero-order valence-corrected chi connectivity index (χ0v) is 11.0. The molecule has 2 aromatic carbocycles. The highest BCUT2D eigenvalue weighted by atomic mass is 32.2. The van der Waals surface area contributed by atoms with Gasteiger partial charge in [0.2, 0.25) is 0 Å². The Labute approximate surface area is 111 Å². The Balaban J connectivity index is 2.17. The van der Waals surface area contributed by atoms with E-state index in [0.29, 0.717) is 12.0 Å². The molecule has 0 aliphatic heterocycles. The Morgan fingerprint density at radius 3 is 2.72 bits per heavy atom. The molecule has 2 nitrogen and oxygen atoms in total. The maximum atomic E-state index is 11.5. The average molecular weight is 258 g/mol. The minimum atomic E-state index is -0.351. The van der Waals surface area contributed by atoms with E-state index in [9.17, 15) is 4.79 Å². The quantitative estimate of drug-likeness (QED) is 0.602. The van der Waals surface area contributed by atoms with Crippen molar-refractivity contribution < 1.29 is 8.98 Å². The van der Waals surface area contributed by atoms with E-state index in [-0.39, 0.29) is 5.97 Å². The number of rotatable bonds is 4. The Morgan fingerprint density at radius 2 is 1.94 bits per heavy atom. The summed E-state index contributed by atoms with van der Waals surface area (Å²) < 4.78 is 5.17. The zero-order chi connectivity index (χ0) is 13.0. The van der Waals surface area contributed by atoms with Gasteiger partial charge in [-0.1, -0.05) is 49.9 Å². The van der Waals surface area contributed by atoms with Crippen LogP contribution in [0.15, 0.2) is 59.5 Å². The second-order valence-electron chi connectivity index (χ2n) is 3.89. The highest BCUT2D eigenvalue weighted by Gasteiger charge is 2.09. The highest BCUT2D eigenvalue weighted by molar-refractivity contribution is 7.95. The topological polar surface area (TPSA) is 26.3 Å². The second-order valence-corrected chi connectivity index (χ2v) is 4.66. The summed E-state index contributed by atoms with van der Waals surface area (Å²) in [5.74, 6) is -0.351. The first-order valence-corrected chi connectivity index (χ1v) is 6.51. The summed E-state index contributed by atoms with van der Waals surface area (Å²) >= 11 is 1.09. The predicted molar refractivity (Wildman–Crippen MR) is 75.3 cm³/mol. The molecule has 0 aliphatic rings. The lowest BCUT2D eigenvalue weighted by molar-refractivity contribution is -0.128. The van der Waals surface area contributed by atoms with E-state index in [1.54, 1.807) is 0 Å². The number of fused-ring (bicyclic) bond motifs is 1. The summed E-state index contributed by atoms with van der Waals surface area (Å²) in [6, 6.07) is 13.9. The van der Waals surface area contributed by atoms with E-state index >= 15 is 0 Å². The van der Waals surface area contributed by atoms with Crippen LogP contribution >= 0.6 is 12.0 Å². The largest absolute Gasteiger partial charge is 0.383 e. The predicted octanol–water partition coefficient (Wildman–Crippen LogP) is 4.36. The molecule has 0 aromatic heterocycles. The Kier molecular flexibility index (Phi) is 4.05. The SMILES string of the molecule is C=C(CC)C(=O)OSc1cccc2ccccc12. The summed E-state index contributed by atoms with van der Waals surface area (Å²) in [4.78, 5) is 12.5. The lowest BCUT2D eigenvalue weighted by atomic mass is 10.1. The van der Waals surface area contributed by atoms with E-state index in [2.05, 4.69) is 6.58 Å². The molecule has 0 fully saturated rings. The van der Waals surface area contributed by atoms with E-state index in [4.69, 9.17) is 4.18 Å². The lowest BCUT2D eigenvalue weighted by Gasteiger charge is -2.06. The fourth-order valence-corrected chi connectivity index (χ4v) is 2.25. The molecule has 0 atom stereocenters. The first kappa shape index (κ1) is 12.7. The fraction of sp³-hybridized carbons (Fsp3) is 0.133. The van der Waals surface area contributed by atoms with Gasteiger partial charge < -0.3 is 4.18 Å². The highest BCUT2D eigenvalue weighted by Crippen LogP contribution is 2.29. The van der Waals surface area contributed by atoms with Gasteiger partial charge in [0.05, 0.1) is 16.9 Å². The Bertz CT molecular complexity index is 585. The summed E-state index contributed by atoms with van der Waals surface area (Å²) in [6.45, 7) is 5.54. The van der Waals surface area contributed by atoms with Crippen molar-refractivity contribution in [3.05, 3.63) is 54.6 Å². The molecule has 0 bridgehead atoms. The monoisotopic (exact) mass is 258 g/mol. The van der Waals surface area contributed by atoms with Gasteiger partial charge in [-0.3, -0.25) is 0 Å². The third kappa shape index (κ3) is 2.74. The molecule has 0 amide bonds. The Hall–Kier alpha value is -1.74. The van der Waals surface area contributed by atoms with E-state index in [1.165, 1.54) is 0 Å². The molecular formula is C15H14O2S. The van der Waals surface area contributed by atoms with Crippen LogP contribution in [0.4, 0.5) is 0 Å². The van der Waals surface area contributed by atoms with Crippen LogP contribution in [0.25, 0.3) is 10.8 Å². The van der Waals surface area contributed by atoms with Crippen molar-refractivity contribution in [3.63, 3.8) is 0 Å². The molecule has 3 heteroatoms. The minimum Gasteiger partial charge on any atom is -0.383 e. The number of carbonyl (C=O) groups excluding carboxylic acids is 1. The zero-order valence-electron chi connectivity index (χ0n) is 10.2. The molecule has 0 aliphatic carbocycles. The van der Waals surface area contributed by atoms with Crippen LogP contribution in [0.1, 0.15) is 13.3 Å². The number of hydrogen-bond donors (Lipinski definition) is 0. The molecule has 2 rings (SSSR count). The third-order valence-corrected chi connectivity index (χ3v) is 3.44. The van der Waals surface area contributed by atoms with Crippen LogP contribution in [0.3, 0.4) is 0 Å². The van der Waals surface area contributed by atoms with Gasteiger partial charge in [0.1, 0.15) is 0 Å². The Morgan fingerprint density at radius 1 is 1.22 bits per heavy atom. The van der Waals surface area contributed by atoms with Crippen LogP contribution in [0.2, 0.25) is 0 Å². The molecule has 0 unspecified atom stereocenters. The minimum absolute atomic E-state index is 0.351. The van der Waals surface area contributed by atoms with Crippen molar-refractivity contribution in [2.24, 2.45) is 0 Å². The summed E-state index contributed by atoms with van der Waals surface area (Å²) in [7, 11) is 0. The number of hydrogen-bond acceptors (Lipinski definition) is 3. The summed E-state index contributed by atoms with van der Waals surface area (Å²) in [5.41, 5.74) is 0.489. The molecule has 0 saturated carbocycles. The van der Waals surface area contributed by atoms with Gasteiger partial charge in [-0.15, -0.1) is 0 Å². The average Bonchev–Trinajstić information content (AvgIpc) is 2.43. The van der Waals surface area contributed by atoms with Crippen molar-refractivity contribution in [1.82, 2.24) is 0 Å². The van der Waals surface area contributed by atoms with Gasteiger partial charge in [-0.2, -0.15) is 0 Å². The first-order valence-electron chi connectivity index (χ1n) is 5.76. The first-order chi connectivity index (χ1) is 8.72. The molecule has 18 heavy (non-hydrogen) atoms. The van der Waals surface area contributed by atoms with Gasteiger partial charge in [0.25, 0.3) is 0 Å². The number of carbonyl (C=O) groups is 1. The van der Waals surface area contributed by atoms with Crippen LogP contribution in [0.5, 0.6) is 0 Å². The second kappa shape index (κ2) is 5.74. The van der Waals surface area contributed by atoms with Crippen molar-refractivity contribution in [2.45, 2.75) is 18.2 Å². The third-order valence-electron chi connectivity index (χ3n) is 2.67. The van der Waals surface area contributed by atoms with Crippen LogP contribution in [0, 0.1) is 0 Å². The molecule has 0 saturated heterocycles. The smallest absolute Gasteiger partial charge is 0.345 e. The molecule has 0 radical (unpaired) electrons. The van der Waals surface area contributed by atoms with Gasteiger partial charge in [0.15, 0.2) is 0 Å². The lowest BCUT2D eigenvalue weighted by Crippen LogP contribution is -2.00. The van der Waals surface area contributed by atoms with Crippen molar-refractivity contribution in [3.8, 4) is 0 Å². The van der Waals surface area contributed by atoms with Crippen molar-refractivity contribution in [1.29, 1.82) is 0 Å². The van der Waals surface area contributed by atoms with Gasteiger partial charge >= 0.3 is 5.97 Å². The standard InChI is InChI=1S/C15H14O2S/c1-3-11(2)15(16)17-18-14-10-6-8-12-7-4-5-9-13(12)14/h4-10H,2-3H2,1H3.